The summed E-state index contributed by atoms with van der Waals surface area (Å²) in [5.74, 6) is 1.50. The van der Waals surface area contributed by atoms with Gasteiger partial charge in [0.05, 0.1) is 7.05 Å². The summed E-state index contributed by atoms with van der Waals surface area (Å²) < 4.78 is 0. The van der Waals surface area contributed by atoms with Crippen molar-refractivity contribution in [2.75, 3.05) is 6.54 Å². The summed E-state index contributed by atoms with van der Waals surface area (Å²) in [7, 11) is 1.81. The quantitative estimate of drug-likeness (QED) is 0.731. The number of nitrogens with zero attached hydrogens (tertiary/aromatic N) is 4. The second kappa shape index (κ2) is 8.19. The summed E-state index contributed by atoms with van der Waals surface area (Å²) in [5.41, 5.74) is 0. The van der Waals surface area contributed by atoms with E-state index in [0.717, 1.165) is 25.2 Å². The minimum absolute atomic E-state index is 0.459. The zero-order valence-electron chi connectivity index (χ0n) is 12.2. The van der Waals surface area contributed by atoms with Crippen molar-refractivity contribution in [1.82, 2.24) is 25.5 Å². The van der Waals surface area contributed by atoms with Crippen molar-refractivity contribution >= 4 is 0 Å². The third-order valence-corrected chi connectivity index (χ3v) is 3.31. The van der Waals surface area contributed by atoms with E-state index in [0.29, 0.717) is 12.0 Å². The van der Waals surface area contributed by atoms with Crippen LogP contribution in [-0.4, -0.2) is 32.8 Å². The lowest BCUT2D eigenvalue weighted by molar-refractivity contribution is 0.343. The van der Waals surface area contributed by atoms with Gasteiger partial charge in [0.25, 0.3) is 0 Å². The minimum atomic E-state index is 0.459. The molecule has 1 heterocycles. The third-order valence-electron chi connectivity index (χ3n) is 3.31. The first kappa shape index (κ1) is 15.1. The average Bonchev–Trinajstić information content (AvgIpc) is 2.77. The molecule has 0 aliphatic rings. The van der Waals surface area contributed by atoms with E-state index in [1.54, 1.807) is 0 Å². The van der Waals surface area contributed by atoms with Crippen LogP contribution < -0.4 is 5.32 Å². The minimum Gasteiger partial charge on any atom is -0.313 e. The summed E-state index contributed by atoms with van der Waals surface area (Å²) in [6.07, 6.45) is 5.84. The van der Waals surface area contributed by atoms with E-state index in [4.69, 9.17) is 0 Å². The van der Waals surface area contributed by atoms with Gasteiger partial charge < -0.3 is 5.32 Å². The number of tetrazole rings is 1. The Labute approximate surface area is 110 Å². The molecule has 0 radical (unpaired) electrons. The highest BCUT2D eigenvalue weighted by molar-refractivity contribution is 4.87. The molecule has 2 atom stereocenters. The molecule has 1 aromatic rings. The number of aromatic nitrogens is 4. The zero-order valence-corrected chi connectivity index (χ0v) is 12.2. The Bertz CT molecular complexity index is 323. The van der Waals surface area contributed by atoms with Crippen molar-refractivity contribution < 1.29 is 0 Å². The molecule has 0 saturated heterocycles. The van der Waals surface area contributed by atoms with Gasteiger partial charge in [-0.3, -0.25) is 0 Å². The van der Waals surface area contributed by atoms with Crippen LogP contribution in [0.2, 0.25) is 0 Å². The molecule has 18 heavy (non-hydrogen) atoms. The van der Waals surface area contributed by atoms with Gasteiger partial charge in [-0.2, -0.15) is 4.80 Å². The van der Waals surface area contributed by atoms with Crippen molar-refractivity contribution in [3.8, 4) is 0 Å². The van der Waals surface area contributed by atoms with E-state index < -0.39 is 0 Å². The number of hydrogen-bond acceptors (Lipinski definition) is 4. The molecule has 0 aliphatic carbocycles. The van der Waals surface area contributed by atoms with Gasteiger partial charge >= 0.3 is 0 Å². The Morgan fingerprint density at radius 1 is 1.28 bits per heavy atom. The monoisotopic (exact) mass is 253 g/mol. The highest BCUT2D eigenvalue weighted by Gasteiger charge is 2.18. The smallest absolute Gasteiger partial charge is 0.176 e. The van der Waals surface area contributed by atoms with E-state index in [1.807, 2.05) is 7.05 Å². The largest absolute Gasteiger partial charge is 0.313 e. The maximum Gasteiger partial charge on any atom is 0.176 e. The second-order valence-corrected chi connectivity index (χ2v) is 5.08. The number of hydrogen-bond donors (Lipinski definition) is 1. The standard InChI is InChI=1S/C13H27N5/c1-5-7-8-11(3)12(14-9-6-2)10-13-15-17-18(4)16-13/h11-12,14H,5-10H2,1-4H3. The molecule has 5 nitrogen and oxygen atoms in total. The molecule has 2 unspecified atom stereocenters. The van der Waals surface area contributed by atoms with Crippen LogP contribution in [0.3, 0.4) is 0 Å². The van der Waals surface area contributed by atoms with E-state index >= 15 is 0 Å². The van der Waals surface area contributed by atoms with Crippen LogP contribution in [0, 0.1) is 5.92 Å². The van der Waals surface area contributed by atoms with Crippen molar-refractivity contribution in [3.05, 3.63) is 5.82 Å². The molecular weight excluding hydrogens is 226 g/mol. The highest BCUT2D eigenvalue weighted by atomic mass is 15.6. The predicted octanol–water partition coefficient (Wildman–Crippen LogP) is 1.95. The van der Waals surface area contributed by atoms with Crippen LogP contribution in [-0.2, 0) is 13.5 Å². The van der Waals surface area contributed by atoms with Gasteiger partial charge in [-0.25, -0.2) is 0 Å². The molecular formula is C13H27N5. The molecule has 0 spiro atoms. The summed E-state index contributed by atoms with van der Waals surface area (Å²) >= 11 is 0. The molecule has 0 aliphatic heterocycles. The van der Waals surface area contributed by atoms with Crippen LogP contribution in [0.5, 0.6) is 0 Å². The van der Waals surface area contributed by atoms with Crippen molar-refractivity contribution in [2.45, 2.75) is 58.9 Å². The third kappa shape index (κ3) is 5.12. The maximum atomic E-state index is 4.28. The van der Waals surface area contributed by atoms with E-state index in [-0.39, 0.29) is 0 Å². The number of rotatable bonds is 9. The Morgan fingerprint density at radius 3 is 2.61 bits per heavy atom. The molecule has 1 aromatic heterocycles. The maximum absolute atomic E-state index is 4.28. The van der Waals surface area contributed by atoms with Crippen LogP contribution >= 0.6 is 0 Å². The molecule has 0 aromatic carbocycles. The van der Waals surface area contributed by atoms with Crippen molar-refractivity contribution in [1.29, 1.82) is 0 Å². The van der Waals surface area contributed by atoms with Crippen LogP contribution in [0.15, 0.2) is 0 Å². The molecule has 0 fully saturated rings. The van der Waals surface area contributed by atoms with Gasteiger partial charge in [-0.05, 0) is 30.5 Å². The second-order valence-electron chi connectivity index (χ2n) is 5.08. The Kier molecular flexibility index (Phi) is 6.86. The van der Waals surface area contributed by atoms with Crippen LogP contribution in [0.1, 0.15) is 52.3 Å². The molecule has 1 rings (SSSR count). The average molecular weight is 253 g/mol. The van der Waals surface area contributed by atoms with Crippen molar-refractivity contribution in [2.24, 2.45) is 13.0 Å². The number of aryl methyl sites for hydroxylation is 1. The first-order valence-corrected chi connectivity index (χ1v) is 7.13. The van der Waals surface area contributed by atoms with Gasteiger partial charge in [0.1, 0.15) is 0 Å². The molecule has 0 saturated carbocycles. The van der Waals surface area contributed by atoms with Crippen LogP contribution in [0.4, 0.5) is 0 Å². The molecule has 0 bridgehead atoms. The van der Waals surface area contributed by atoms with Gasteiger partial charge in [-0.15, -0.1) is 10.2 Å². The van der Waals surface area contributed by atoms with E-state index in [2.05, 4.69) is 41.5 Å². The van der Waals surface area contributed by atoms with E-state index in [9.17, 15) is 0 Å². The molecule has 5 heteroatoms. The first-order chi connectivity index (χ1) is 8.67. The molecule has 104 valence electrons. The predicted molar refractivity (Wildman–Crippen MR) is 73.3 cm³/mol. The SMILES string of the molecule is CCCCC(C)C(Cc1nnn(C)n1)NCCC. The fraction of sp³-hybridized carbons (Fsp3) is 0.923. The summed E-state index contributed by atoms with van der Waals surface area (Å²) in [4.78, 5) is 1.53. The zero-order chi connectivity index (χ0) is 13.4. The molecule has 1 N–H and O–H groups in total. The van der Waals surface area contributed by atoms with Gasteiger partial charge in [0.2, 0.25) is 0 Å². The van der Waals surface area contributed by atoms with Crippen LogP contribution in [0.25, 0.3) is 0 Å². The van der Waals surface area contributed by atoms with E-state index in [1.165, 1.54) is 24.1 Å². The Morgan fingerprint density at radius 2 is 2.06 bits per heavy atom. The van der Waals surface area contributed by atoms with Gasteiger partial charge in [0.15, 0.2) is 5.82 Å². The van der Waals surface area contributed by atoms with Crippen molar-refractivity contribution in [3.63, 3.8) is 0 Å². The fourth-order valence-corrected chi connectivity index (χ4v) is 2.13. The number of unbranched alkanes of at least 4 members (excludes halogenated alkanes) is 1. The number of nitrogens with one attached hydrogen (secondary N) is 1. The molecule has 0 amide bonds. The Balaban J connectivity index is 2.53. The summed E-state index contributed by atoms with van der Waals surface area (Å²) in [6.45, 7) is 7.81. The van der Waals surface area contributed by atoms with Gasteiger partial charge in [0, 0.05) is 12.5 Å². The lowest BCUT2D eigenvalue weighted by Crippen LogP contribution is -2.37. The first-order valence-electron chi connectivity index (χ1n) is 7.13. The van der Waals surface area contributed by atoms with Gasteiger partial charge in [-0.1, -0.05) is 33.6 Å². The summed E-state index contributed by atoms with van der Waals surface area (Å²) in [5, 5.41) is 15.9. The summed E-state index contributed by atoms with van der Waals surface area (Å²) in [6, 6.07) is 0.459. The highest BCUT2D eigenvalue weighted by Crippen LogP contribution is 2.15. The Hall–Kier alpha value is -0.970. The topological polar surface area (TPSA) is 55.6 Å². The lowest BCUT2D eigenvalue weighted by atomic mass is 9.93. The normalized spacial score (nSPS) is 14.7. The fourth-order valence-electron chi connectivity index (χ4n) is 2.13. The lowest BCUT2D eigenvalue weighted by Gasteiger charge is -2.24.